The summed E-state index contributed by atoms with van der Waals surface area (Å²) in [6.45, 7) is 4.90. The first kappa shape index (κ1) is 14.3. The van der Waals surface area contributed by atoms with Gasteiger partial charge in [0.2, 0.25) is 0 Å². The van der Waals surface area contributed by atoms with E-state index in [9.17, 15) is 4.79 Å². The number of aryl methyl sites for hydroxylation is 1. The van der Waals surface area contributed by atoms with Gasteiger partial charge in [0, 0.05) is 17.6 Å². The van der Waals surface area contributed by atoms with Crippen LogP contribution in [0.2, 0.25) is 0 Å². The number of carbonyl (C=O) groups excluding carboxylic acids is 1. The van der Waals surface area contributed by atoms with E-state index in [1.807, 2.05) is 19.1 Å². The molecule has 0 saturated heterocycles. The summed E-state index contributed by atoms with van der Waals surface area (Å²) >= 11 is 1.38. The molecule has 5 heteroatoms. The Kier molecular flexibility index (Phi) is 3.61. The van der Waals surface area contributed by atoms with E-state index < -0.39 is 0 Å². The smallest absolute Gasteiger partial charge is 0.263 e. The van der Waals surface area contributed by atoms with Crippen LogP contribution in [0.25, 0.3) is 10.2 Å². The minimum atomic E-state index is -0.0597. The van der Waals surface area contributed by atoms with E-state index in [1.165, 1.54) is 37.0 Å². The molecule has 1 aliphatic rings. The van der Waals surface area contributed by atoms with Gasteiger partial charge in [-0.05, 0) is 43.7 Å². The lowest BCUT2D eigenvalue weighted by atomic mass is 10.0. The van der Waals surface area contributed by atoms with Gasteiger partial charge < -0.3 is 11.1 Å². The van der Waals surface area contributed by atoms with Crippen molar-refractivity contribution in [1.29, 1.82) is 0 Å². The molecule has 2 heterocycles. The number of nitrogens with two attached hydrogens (primary N) is 1. The third kappa shape index (κ3) is 2.75. The molecular weight excluding hydrogens is 282 g/mol. The number of hydrogen-bond acceptors (Lipinski definition) is 4. The van der Waals surface area contributed by atoms with Crippen LogP contribution >= 0.6 is 11.3 Å². The van der Waals surface area contributed by atoms with Crippen LogP contribution in [0.5, 0.6) is 0 Å². The molecule has 0 unspecified atom stereocenters. The van der Waals surface area contributed by atoms with Crippen LogP contribution in [0.1, 0.15) is 48.0 Å². The molecule has 0 aliphatic heterocycles. The van der Waals surface area contributed by atoms with Crippen LogP contribution in [0, 0.1) is 12.3 Å². The number of nitrogen functional groups attached to an aromatic ring is 1. The van der Waals surface area contributed by atoms with Gasteiger partial charge in [0.25, 0.3) is 5.91 Å². The number of rotatable bonds is 5. The maximum absolute atomic E-state index is 12.4. The van der Waals surface area contributed by atoms with Crippen molar-refractivity contribution >= 4 is 33.1 Å². The summed E-state index contributed by atoms with van der Waals surface area (Å²) in [4.78, 5) is 18.3. The molecule has 3 rings (SSSR count). The Balaban J connectivity index is 1.77. The highest BCUT2D eigenvalue weighted by molar-refractivity contribution is 7.21. The number of anilines is 1. The van der Waals surface area contributed by atoms with Gasteiger partial charge in [-0.15, -0.1) is 11.3 Å². The standard InChI is InChI=1S/C16H21N3OS/c1-3-6-16(7-8-16)9-18-14(20)13-12(17)11-5-4-10(2)19-15(11)21-13/h4-5H,3,6-9,17H2,1-2H3,(H,18,20). The van der Waals surface area contributed by atoms with Gasteiger partial charge in [-0.2, -0.15) is 0 Å². The van der Waals surface area contributed by atoms with Gasteiger partial charge in [0.1, 0.15) is 9.71 Å². The van der Waals surface area contributed by atoms with Gasteiger partial charge in [-0.3, -0.25) is 4.79 Å². The summed E-state index contributed by atoms with van der Waals surface area (Å²) in [5.74, 6) is -0.0597. The fourth-order valence-corrected chi connectivity index (χ4v) is 3.88. The second-order valence-electron chi connectivity index (χ2n) is 6.08. The largest absolute Gasteiger partial charge is 0.397 e. The second-order valence-corrected chi connectivity index (χ2v) is 7.08. The summed E-state index contributed by atoms with van der Waals surface area (Å²) < 4.78 is 0. The number of fused-ring (bicyclic) bond motifs is 1. The van der Waals surface area contributed by atoms with E-state index in [2.05, 4.69) is 17.2 Å². The molecule has 112 valence electrons. The van der Waals surface area contributed by atoms with E-state index in [0.717, 1.165) is 22.5 Å². The van der Waals surface area contributed by atoms with E-state index in [4.69, 9.17) is 5.73 Å². The lowest BCUT2D eigenvalue weighted by molar-refractivity contribution is 0.0948. The molecule has 2 aromatic heterocycles. The van der Waals surface area contributed by atoms with Gasteiger partial charge in [0.15, 0.2) is 0 Å². The van der Waals surface area contributed by atoms with Crippen molar-refractivity contribution in [2.45, 2.75) is 39.5 Å². The summed E-state index contributed by atoms with van der Waals surface area (Å²) in [5, 5.41) is 3.95. The summed E-state index contributed by atoms with van der Waals surface area (Å²) in [6, 6.07) is 3.87. The molecule has 1 aliphatic carbocycles. The second kappa shape index (κ2) is 5.30. The number of aromatic nitrogens is 1. The zero-order valence-corrected chi connectivity index (χ0v) is 13.3. The zero-order valence-electron chi connectivity index (χ0n) is 12.5. The molecular formula is C16H21N3OS. The topological polar surface area (TPSA) is 68.0 Å². The number of thiophene rings is 1. The predicted molar refractivity (Wildman–Crippen MR) is 87.7 cm³/mol. The van der Waals surface area contributed by atoms with Crippen LogP contribution < -0.4 is 11.1 Å². The lowest BCUT2D eigenvalue weighted by Gasteiger charge is -2.14. The molecule has 0 radical (unpaired) electrons. The van der Waals surface area contributed by atoms with Crippen molar-refractivity contribution in [2.75, 3.05) is 12.3 Å². The Morgan fingerprint density at radius 1 is 1.48 bits per heavy atom. The third-order valence-electron chi connectivity index (χ3n) is 4.30. The number of pyridine rings is 1. The predicted octanol–water partition coefficient (Wildman–Crippen LogP) is 3.50. The van der Waals surface area contributed by atoms with Crippen molar-refractivity contribution < 1.29 is 4.79 Å². The molecule has 2 aromatic rings. The van der Waals surface area contributed by atoms with Crippen LogP contribution in [0.15, 0.2) is 12.1 Å². The van der Waals surface area contributed by atoms with E-state index in [1.54, 1.807) is 0 Å². The quantitative estimate of drug-likeness (QED) is 0.888. The number of hydrogen-bond donors (Lipinski definition) is 2. The molecule has 21 heavy (non-hydrogen) atoms. The van der Waals surface area contributed by atoms with Gasteiger partial charge in [-0.1, -0.05) is 13.3 Å². The molecule has 1 fully saturated rings. The van der Waals surface area contributed by atoms with Crippen LogP contribution in [-0.4, -0.2) is 17.4 Å². The number of amides is 1. The first-order chi connectivity index (χ1) is 10.0. The maximum atomic E-state index is 12.4. The average molecular weight is 303 g/mol. The Labute approximate surface area is 128 Å². The molecule has 1 saturated carbocycles. The fourth-order valence-electron chi connectivity index (χ4n) is 2.83. The highest BCUT2D eigenvalue weighted by Crippen LogP contribution is 2.49. The van der Waals surface area contributed by atoms with Gasteiger partial charge in [-0.25, -0.2) is 4.98 Å². The first-order valence-corrected chi connectivity index (χ1v) is 8.30. The van der Waals surface area contributed by atoms with E-state index >= 15 is 0 Å². The zero-order chi connectivity index (χ0) is 15.0. The number of carbonyl (C=O) groups is 1. The van der Waals surface area contributed by atoms with Gasteiger partial charge in [0.05, 0.1) is 5.69 Å². The van der Waals surface area contributed by atoms with Crippen molar-refractivity contribution in [1.82, 2.24) is 10.3 Å². The normalized spacial score (nSPS) is 16.1. The molecule has 0 aromatic carbocycles. The minimum absolute atomic E-state index is 0.0597. The maximum Gasteiger partial charge on any atom is 0.263 e. The van der Waals surface area contributed by atoms with Crippen LogP contribution in [0.4, 0.5) is 5.69 Å². The lowest BCUT2D eigenvalue weighted by Crippen LogP contribution is -2.30. The van der Waals surface area contributed by atoms with Crippen molar-refractivity contribution in [2.24, 2.45) is 5.41 Å². The molecule has 0 bridgehead atoms. The Bertz CT molecular complexity index is 688. The van der Waals surface area contributed by atoms with Crippen molar-refractivity contribution in [3.05, 3.63) is 22.7 Å². The van der Waals surface area contributed by atoms with E-state index in [-0.39, 0.29) is 5.91 Å². The van der Waals surface area contributed by atoms with E-state index in [0.29, 0.717) is 16.0 Å². The number of nitrogens with one attached hydrogen (secondary N) is 1. The molecule has 1 amide bonds. The summed E-state index contributed by atoms with van der Waals surface area (Å²) in [7, 11) is 0. The van der Waals surface area contributed by atoms with Crippen LogP contribution in [-0.2, 0) is 0 Å². The van der Waals surface area contributed by atoms with Gasteiger partial charge >= 0.3 is 0 Å². The Hall–Kier alpha value is -1.62. The van der Waals surface area contributed by atoms with Crippen molar-refractivity contribution in [3.63, 3.8) is 0 Å². The monoisotopic (exact) mass is 303 g/mol. The Morgan fingerprint density at radius 2 is 2.24 bits per heavy atom. The molecule has 0 atom stereocenters. The summed E-state index contributed by atoms with van der Waals surface area (Å²) in [6.07, 6.45) is 4.81. The minimum Gasteiger partial charge on any atom is -0.397 e. The van der Waals surface area contributed by atoms with Crippen molar-refractivity contribution in [3.8, 4) is 0 Å². The first-order valence-electron chi connectivity index (χ1n) is 7.48. The number of nitrogens with zero attached hydrogens (tertiary/aromatic N) is 1. The SMILES string of the molecule is CCCC1(CNC(=O)c2sc3nc(C)ccc3c2N)CC1. The van der Waals surface area contributed by atoms with Crippen LogP contribution in [0.3, 0.4) is 0 Å². The fraction of sp³-hybridized carbons (Fsp3) is 0.500. The highest BCUT2D eigenvalue weighted by Gasteiger charge is 2.41. The average Bonchev–Trinajstić information content (AvgIpc) is 3.15. The Morgan fingerprint density at radius 3 is 2.90 bits per heavy atom. The highest BCUT2D eigenvalue weighted by atomic mass is 32.1. The molecule has 3 N–H and O–H groups in total. The molecule has 0 spiro atoms. The third-order valence-corrected chi connectivity index (χ3v) is 5.41. The summed E-state index contributed by atoms with van der Waals surface area (Å²) in [5.41, 5.74) is 7.96. The molecule has 4 nitrogen and oxygen atoms in total.